The number of carbonyl (C=O) groups excluding carboxylic acids is 1. The van der Waals surface area contributed by atoms with Crippen molar-refractivity contribution in [3.8, 4) is 0 Å². The molecule has 0 aromatic rings. The number of rotatable bonds is 3. The molecule has 0 aromatic carbocycles. The molecule has 2 nitrogen and oxygen atoms in total. The summed E-state index contributed by atoms with van der Waals surface area (Å²) in [5.74, 6) is 0.0692. The smallest absolute Gasteiger partial charge is 0.223 e. The van der Waals surface area contributed by atoms with Crippen LogP contribution in [0.4, 0.5) is 0 Å². The first-order chi connectivity index (χ1) is 4.31. The van der Waals surface area contributed by atoms with Gasteiger partial charge in [0.15, 0.2) is 0 Å². The second-order valence-corrected chi connectivity index (χ2v) is 1.73. The molecule has 0 saturated carbocycles. The van der Waals surface area contributed by atoms with E-state index >= 15 is 0 Å². The molecule has 2 heteroatoms. The summed E-state index contributed by atoms with van der Waals surface area (Å²) in [6.07, 6.45) is 5.11. The SMILES string of the molecule is CCC=CNC(=O)CC. The third kappa shape index (κ3) is 5.07. The van der Waals surface area contributed by atoms with Crippen LogP contribution in [0, 0.1) is 0 Å². The van der Waals surface area contributed by atoms with Crippen LogP contribution in [0.1, 0.15) is 26.7 Å². The zero-order valence-corrected chi connectivity index (χ0v) is 5.98. The van der Waals surface area contributed by atoms with E-state index in [1.165, 1.54) is 0 Å². The molecule has 0 radical (unpaired) electrons. The average molecular weight is 127 g/mol. The van der Waals surface area contributed by atoms with Crippen molar-refractivity contribution < 1.29 is 4.79 Å². The minimum Gasteiger partial charge on any atom is -0.333 e. The largest absolute Gasteiger partial charge is 0.333 e. The van der Waals surface area contributed by atoms with E-state index in [1.54, 1.807) is 6.20 Å². The van der Waals surface area contributed by atoms with Gasteiger partial charge in [0, 0.05) is 6.42 Å². The van der Waals surface area contributed by atoms with Gasteiger partial charge in [-0.2, -0.15) is 0 Å². The van der Waals surface area contributed by atoms with Crippen molar-refractivity contribution in [1.82, 2.24) is 5.32 Å². The normalized spacial score (nSPS) is 10.0. The fourth-order valence-corrected chi connectivity index (χ4v) is 0.372. The first-order valence-corrected chi connectivity index (χ1v) is 3.25. The van der Waals surface area contributed by atoms with Gasteiger partial charge < -0.3 is 5.32 Å². The van der Waals surface area contributed by atoms with Gasteiger partial charge in [0.2, 0.25) is 5.91 Å². The molecular formula is C7H13NO. The molecule has 0 heterocycles. The van der Waals surface area contributed by atoms with Crippen molar-refractivity contribution >= 4 is 5.91 Å². The molecule has 0 aromatic heterocycles. The van der Waals surface area contributed by atoms with Gasteiger partial charge in [0.25, 0.3) is 0 Å². The highest BCUT2D eigenvalue weighted by Gasteiger charge is 1.87. The van der Waals surface area contributed by atoms with Gasteiger partial charge in [0.05, 0.1) is 0 Å². The Morgan fingerprint density at radius 3 is 2.67 bits per heavy atom. The van der Waals surface area contributed by atoms with Crippen LogP contribution in [-0.4, -0.2) is 5.91 Å². The predicted molar refractivity (Wildman–Crippen MR) is 37.9 cm³/mol. The van der Waals surface area contributed by atoms with E-state index in [-0.39, 0.29) is 5.91 Å². The molecule has 1 N–H and O–H groups in total. The van der Waals surface area contributed by atoms with E-state index < -0.39 is 0 Å². The van der Waals surface area contributed by atoms with Crippen LogP contribution in [0.25, 0.3) is 0 Å². The predicted octanol–water partition coefficient (Wildman–Crippen LogP) is 1.44. The first-order valence-electron chi connectivity index (χ1n) is 3.25. The zero-order chi connectivity index (χ0) is 7.11. The van der Waals surface area contributed by atoms with E-state index in [4.69, 9.17) is 0 Å². The molecule has 0 saturated heterocycles. The topological polar surface area (TPSA) is 29.1 Å². The quantitative estimate of drug-likeness (QED) is 0.610. The molecule has 0 aliphatic heterocycles. The summed E-state index contributed by atoms with van der Waals surface area (Å²) in [5.41, 5.74) is 0. The Morgan fingerprint density at radius 1 is 1.56 bits per heavy atom. The van der Waals surface area contributed by atoms with E-state index in [0.29, 0.717) is 6.42 Å². The lowest BCUT2D eigenvalue weighted by atomic mass is 10.4. The molecule has 0 atom stereocenters. The minimum atomic E-state index is 0.0692. The second-order valence-electron chi connectivity index (χ2n) is 1.73. The summed E-state index contributed by atoms with van der Waals surface area (Å²) >= 11 is 0. The van der Waals surface area contributed by atoms with Crippen LogP contribution in [0.15, 0.2) is 12.3 Å². The Hall–Kier alpha value is -0.790. The summed E-state index contributed by atoms with van der Waals surface area (Å²) < 4.78 is 0. The third-order valence-electron chi connectivity index (χ3n) is 0.919. The number of carbonyl (C=O) groups is 1. The van der Waals surface area contributed by atoms with Gasteiger partial charge in [-0.3, -0.25) is 4.79 Å². The lowest BCUT2D eigenvalue weighted by Crippen LogP contribution is -2.14. The third-order valence-corrected chi connectivity index (χ3v) is 0.919. The first kappa shape index (κ1) is 8.21. The minimum absolute atomic E-state index is 0.0692. The molecule has 0 rings (SSSR count). The van der Waals surface area contributed by atoms with Gasteiger partial charge in [-0.15, -0.1) is 0 Å². The van der Waals surface area contributed by atoms with Crippen LogP contribution in [0.3, 0.4) is 0 Å². The van der Waals surface area contributed by atoms with Crippen molar-refractivity contribution in [1.29, 1.82) is 0 Å². The van der Waals surface area contributed by atoms with Crippen LogP contribution in [-0.2, 0) is 4.79 Å². The van der Waals surface area contributed by atoms with Gasteiger partial charge >= 0.3 is 0 Å². The van der Waals surface area contributed by atoms with Gasteiger partial charge in [0.1, 0.15) is 0 Å². The number of hydrogen-bond donors (Lipinski definition) is 1. The summed E-state index contributed by atoms with van der Waals surface area (Å²) in [4.78, 5) is 10.5. The zero-order valence-electron chi connectivity index (χ0n) is 5.98. The molecule has 0 fully saturated rings. The van der Waals surface area contributed by atoms with Crippen LogP contribution >= 0.6 is 0 Å². The summed E-state index contributed by atoms with van der Waals surface area (Å²) in [6.45, 7) is 3.85. The van der Waals surface area contributed by atoms with Crippen molar-refractivity contribution in [3.05, 3.63) is 12.3 Å². The molecule has 1 amide bonds. The molecule has 0 aliphatic carbocycles. The van der Waals surface area contributed by atoms with Gasteiger partial charge in [-0.1, -0.05) is 19.9 Å². The molecular weight excluding hydrogens is 114 g/mol. The average Bonchev–Trinajstić information content (AvgIpc) is 1.89. The fourth-order valence-electron chi connectivity index (χ4n) is 0.372. The van der Waals surface area contributed by atoms with E-state index in [0.717, 1.165) is 6.42 Å². The van der Waals surface area contributed by atoms with Crippen molar-refractivity contribution in [2.24, 2.45) is 0 Å². The number of hydrogen-bond acceptors (Lipinski definition) is 1. The molecule has 0 aliphatic rings. The summed E-state index contributed by atoms with van der Waals surface area (Å²) in [6, 6.07) is 0. The van der Waals surface area contributed by atoms with Gasteiger partial charge in [-0.25, -0.2) is 0 Å². The Kier molecular flexibility index (Phi) is 4.88. The Morgan fingerprint density at radius 2 is 2.22 bits per heavy atom. The van der Waals surface area contributed by atoms with Crippen LogP contribution in [0.2, 0.25) is 0 Å². The highest BCUT2D eigenvalue weighted by molar-refractivity contribution is 5.76. The lowest BCUT2D eigenvalue weighted by Gasteiger charge is -1.91. The van der Waals surface area contributed by atoms with Crippen LogP contribution < -0.4 is 5.32 Å². The standard InChI is InChI=1S/C7H13NO/c1-3-5-6-8-7(9)4-2/h5-6H,3-4H2,1-2H3,(H,8,9). The maximum atomic E-state index is 10.5. The van der Waals surface area contributed by atoms with Crippen molar-refractivity contribution in [2.45, 2.75) is 26.7 Å². The maximum absolute atomic E-state index is 10.5. The Balaban J connectivity index is 3.26. The lowest BCUT2D eigenvalue weighted by molar-refractivity contribution is -0.119. The Bertz CT molecular complexity index is 107. The summed E-state index contributed by atoms with van der Waals surface area (Å²) in [5, 5.41) is 2.61. The summed E-state index contributed by atoms with van der Waals surface area (Å²) in [7, 11) is 0. The highest BCUT2D eigenvalue weighted by Crippen LogP contribution is 1.78. The van der Waals surface area contributed by atoms with Crippen LogP contribution in [0.5, 0.6) is 0 Å². The molecule has 9 heavy (non-hydrogen) atoms. The number of allylic oxidation sites excluding steroid dienone is 1. The van der Waals surface area contributed by atoms with E-state index in [9.17, 15) is 4.79 Å². The van der Waals surface area contributed by atoms with Crippen molar-refractivity contribution in [2.75, 3.05) is 0 Å². The maximum Gasteiger partial charge on any atom is 0.223 e. The molecule has 0 spiro atoms. The highest BCUT2D eigenvalue weighted by atomic mass is 16.1. The van der Waals surface area contributed by atoms with Crippen molar-refractivity contribution in [3.63, 3.8) is 0 Å². The molecule has 52 valence electrons. The number of nitrogens with one attached hydrogen (secondary N) is 1. The fraction of sp³-hybridized carbons (Fsp3) is 0.571. The Labute approximate surface area is 56.0 Å². The van der Waals surface area contributed by atoms with E-state index in [2.05, 4.69) is 5.32 Å². The molecule has 0 bridgehead atoms. The molecule has 0 unspecified atom stereocenters. The number of amides is 1. The second kappa shape index (κ2) is 5.35. The van der Waals surface area contributed by atoms with Gasteiger partial charge in [-0.05, 0) is 12.6 Å². The van der Waals surface area contributed by atoms with E-state index in [1.807, 2.05) is 19.9 Å². The monoisotopic (exact) mass is 127 g/mol.